The van der Waals surface area contributed by atoms with Crippen LogP contribution in [-0.2, 0) is 19.6 Å². The van der Waals surface area contributed by atoms with Gasteiger partial charge in [-0.3, -0.25) is 9.59 Å². The van der Waals surface area contributed by atoms with Crippen LogP contribution in [0.25, 0.3) is 0 Å². The number of benzene rings is 1. The number of rotatable bonds is 4. The van der Waals surface area contributed by atoms with Crippen LogP contribution in [0.3, 0.4) is 0 Å². The molecule has 1 aliphatic heterocycles. The lowest BCUT2D eigenvalue weighted by atomic mass is 10.0. The molecule has 114 valence electrons. The average Bonchev–Trinajstić information content (AvgIpc) is 2.64. The molecule has 7 heteroatoms. The zero-order valence-corrected chi connectivity index (χ0v) is 12.6. The van der Waals surface area contributed by atoms with Crippen LogP contribution in [0.1, 0.15) is 25.3 Å². The molecular weight excluding hydrogens is 294 g/mol. The molecule has 2 atom stereocenters. The highest BCUT2D eigenvalue weighted by Gasteiger charge is 2.45. The van der Waals surface area contributed by atoms with Gasteiger partial charge in [0.1, 0.15) is 0 Å². The van der Waals surface area contributed by atoms with E-state index in [0.29, 0.717) is 0 Å². The van der Waals surface area contributed by atoms with Crippen LogP contribution in [-0.4, -0.2) is 35.7 Å². The van der Waals surface area contributed by atoms with Gasteiger partial charge in [-0.1, -0.05) is 24.6 Å². The number of sulfonamides is 1. The fourth-order valence-electron chi connectivity index (χ4n) is 2.52. The Bertz CT molecular complexity index is 665. The van der Waals surface area contributed by atoms with Crippen LogP contribution >= 0.6 is 0 Å². The van der Waals surface area contributed by atoms with Gasteiger partial charge in [0.2, 0.25) is 5.91 Å². The normalized spacial score (nSPS) is 22.6. The van der Waals surface area contributed by atoms with Crippen molar-refractivity contribution in [3.63, 3.8) is 0 Å². The Kier molecular flexibility index (Phi) is 4.04. The highest BCUT2D eigenvalue weighted by Crippen LogP contribution is 2.33. The molecule has 1 saturated heterocycles. The van der Waals surface area contributed by atoms with Crippen LogP contribution in [0.5, 0.6) is 0 Å². The Morgan fingerprint density at radius 2 is 1.90 bits per heavy atom. The molecule has 0 aromatic heterocycles. The largest absolute Gasteiger partial charge is 0.481 e. The summed E-state index contributed by atoms with van der Waals surface area (Å²) in [6.45, 7) is 3.52. The van der Waals surface area contributed by atoms with Gasteiger partial charge in [0.15, 0.2) is 0 Å². The summed E-state index contributed by atoms with van der Waals surface area (Å²) in [4.78, 5) is 23.0. The zero-order valence-electron chi connectivity index (χ0n) is 11.8. The summed E-state index contributed by atoms with van der Waals surface area (Å²) in [5.41, 5.74) is 0.900. The summed E-state index contributed by atoms with van der Waals surface area (Å²) in [5, 5.41) is 8.94. The van der Waals surface area contributed by atoms with E-state index >= 15 is 0 Å². The molecular formula is C14H17NO5S. The second-order valence-electron chi connectivity index (χ2n) is 5.35. The molecule has 1 fully saturated rings. The van der Waals surface area contributed by atoms with Crippen molar-refractivity contribution in [2.75, 3.05) is 0 Å². The van der Waals surface area contributed by atoms with Crippen molar-refractivity contribution in [1.29, 1.82) is 0 Å². The van der Waals surface area contributed by atoms with E-state index in [1.54, 1.807) is 19.1 Å². The van der Waals surface area contributed by atoms with Crippen molar-refractivity contribution >= 4 is 21.9 Å². The van der Waals surface area contributed by atoms with Crippen molar-refractivity contribution in [1.82, 2.24) is 4.31 Å². The molecule has 0 saturated carbocycles. The first-order valence-electron chi connectivity index (χ1n) is 6.59. The fourth-order valence-corrected chi connectivity index (χ4v) is 4.21. The predicted octanol–water partition coefficient (Wildman–Crippen LogP) is 1.40. The molecule has 0 unspecified atom stereocenters. The topological polar surface area (TPSA) is 91.8 Å². The number of carboxylic acids is 1. The van der Waals surface area contributed by atoms with Crippen LogP contribution in [0.15, 0.2) is 29.2 Å². The molecule has 1 N–H and O–H groups in total. The predicted molar refractivity (Wildman–Crippen MR) is 75.0 cm³/mol. The molecule has 0 bridgehead atoms. The minimum absolute atomic E-state index is 0.00550. The van der Waals surface area contributed by atoms with E-state index in [0.717, 1.165) is 9.87 Å². The number of aliphatic carboxylic acids is 1. The standard InChI is InChI=1S/C14H17NO5S/c1-9-3-5-11(6-4-9)21(19,20)15-12(8-14(17)18)10(2)7-13(15)16/h3-6,10,12H,7-8H2,1-2H3,(H,17,18)/t10-,12+/m0/s1. The lowest BCUT2D eigenvalue weighted by Gasteiger charge is -2.25. The van der Waals surface area contributed by atoms with Crippen molar-refractivity contribution < 1.29 is 23.1 Å². The van der Waals surface area contributed by atoms with Gasteiger partial charge in [0.25, 0.3) is 10.0 Å². The van der Waals surface area contributed by atoms with Gasteiger partial charge in [-0.15, -0.1) is 0 Å². The van der Waals surface area contributed by atoms with E-state index in [2.05, 4.69) is 0 Å². The van der Waals surface area contributed by atoms with E-state index in [4.69, 9.17) is 5.11 Å². The molecule has 6 nitrogen and oxygen atoms in total. The van der Waals surface area contributed by atoms with Gasteiger partial charge in [-0.05, 0) is 25.0 Å². The molecule has 1 aromatic carbocycles. The Morgan fingerprint density at radius 3 is 2.43 bits per heavy atom. The maximum Gasteiger partial charge on any atom is 0.305 e. The van der Waals surface area contributed by atoms with Crippen LogP contribution < -0.4 is 0 Å². The van der Waals surface area contributed by atoms with Gasteiger partial charge < -0.3 is 5.11 Å². The summed E-state index contributed by atoms with van der Waals surface area (Å²) in [5.74, 6) is -1.98. The van der Waals surface area contributed by atoms with Crippen molar-refractivity contribution in [3.05, 3.63) is 29.8 Å². The number of amides is 1. The van der Waals surface area contributed by atoms with Crippen LogP contribution in [0.4, 0.5) is 0 Å². The zero-order chi connectivity index (χ0) is 15.8. The van der Waals surface area contributed by atoms with Crippen molar-refractivity contribution in [3.8, 4) is 0 Å². The Labute approximate surface area is 123 Å². The summed E-state index contributed by atoms with van der Waals surface area (Å²) >= 11 is 0. The number of nitrogens with zero attached hydrogens (tertiary/aromatic N) is 1. The quantitative estimate of drug-likeness (QED) is 0.907. The third kappa shape index (κ3) is 2.92. The molecule has 2 rings (SSSR count). The number of hydrogen-bond donors (Lipinski definition) is 1. The smallest absolute Gasteiger partial charge is 0.305 e. The SMILES string of the molecule is Cc1ccc(S(=O)(=O)N2C(=O)C[C@H](C)[C@H]2CC(=O)O)cc1. The van der Waals surface area contributed by atoms with E-state index < -0.39 is 27.9 Å². The molecule has 0 spiro atoms. The average molecular weight is 311 g/mol. The molecule has 1 aliphatic rings. The second-order valence-corrected chi connectivity index (χ2v) is 7.17. The first-order valence-corrected chi connectivity index (χ1v) is 8.03. The molecule has 0 radical (unpaired) electrons. The number of carboxylic acid groups (broad SMARTS) is 1. The van der Waals surface area contributed by atoms with E-state index in [-0.39, 0.29) is 23.7 Å². The number of aryl methyl sites for hydroxylation is 1. The first-order chi connectivity index (χ1) is 9.73. The van der Waals surface area contributed by atoms with Gasteiger partial charge in [0, 0.05) is 6.42 Å². The monoisotopic (exact) mass is 311 g/mol. The van der Waals surface area contributed by atoms with E-state index in [1.807, 2.05) is 6.92 Å². The van der Waals surface area contributed by atoms with Crippen molar-refractivity contribution in [2.24, 2.45) is 5.92 Å². The summed E-state index contributed by atoms with van der Waals surface area (Å²) in [7, 11) is -4.01. The van der Waals surface area contributed by atoms with Gasteiger partial charge >= 0.3 is 5.97 Å². The second kappa shape index (κ2) is 5.48. The lowest BCUT2D eigenvalue weighted by molar-refractivity contribution is -0.138. The molecule has 0 aliphatic carbocycles. The first kappa shape index (κ1) is 15.5. The number of hydrogen-bond acceptors (Lipinski definition) is 4. The summed E-state index contributed by atoms with van der Waals surface area (Å²) in [6.07, 6.45) is -0.332. The van der Waals surface area contributed by atoms with E-state index in [1.165, 1.54) is 12.1 Å². The maximum absolute atomic E-state index is 12.6. The van der Waals surface area contributed by atoms with E-state index in [9.17, 15) is 18.0 Å². The number of carbonyl (C=O) groups excluding carboxylic acids is 1. The summed E-state index contributed by atoms with van der Waals surface area (Å²) < 4.78 is 26.0. The highest BCUT2D eigenvalue weighted by atomic mass is 32.2. The molecule has 1 heterocycles. The van der Waals surface area contributed by atoms with Crippen LogP contribution in [0, 0.1) is 12.8 Å². The highest BCUT2D eigenvalue weighted by molar-refractivity contribution is 7.89. The Balaban J connectivity index is 2.43. The fraction of sp³-hybridized carbons (Fsp3) is 0.429. The van der Waals surface area contributed by atoms with Crippen LogP contribution in [0.2, 0.25) is 0 Å². The maximum atomic E-state index is 12.6. The van der Waals surface area contributed by atoms with Gasteiger partial charge in [-0.25, -0.2) is 12.7 Å². The lowest BCUT2D eigenvalue weighted by Crippen LogP contribution is -2.41. The minimum Gasteiger partial charge on any atom is -0.481 e. The van der Waals surface area contributed by atoms with Gasteiger partial charge in [0.05, 0.1) is 17.4 Å². The Hall–Kier alpha value is -1.89. The molecule has 1 aromatic rings. The van der Waals surface area contributed by atoms with Crippen molar-refractivity contribution in [2.45, 2.75) is 37.6 Å². The third-order valence-electron chi connectivity index (χ3n) is 3.66. The molecule has 1 amide bonds. The molecule has 21 heavy (non-hydrogen) atoms. The Morgan fingerprint density at radius 1 is 1.33 bits per heavy atom. The summed E-state index contributed by atoms with van der Waals surface area (Å²) in [6, 6.07) is 5.31. The number of carbonyl (C=O) groups is 2. The van der Waals surface area contributed by atoms with Gasteiger partial charge in [-0.2, -0.15) is 0 Å². The third-order valence-corrected chi connectivity index (χ3v) is 5.52. The minimum atomic E-state index is -4.01.